The third kappa shape index (κ3) is 2.40. The van der Waals surface area contributed by atoms with Gasteiger partial charge in [0.25, 0.3) is 0 Å². The van der Waals surface area contributed by atoms with Crippen LogP contribution in [0.1, 0.15) is 32.1 Å². The van der Waals surface area contributed by atoms with Gasteiger partial charge in [0.15, 0.2) is 11.4 Å². The van der Waals surface area contributed by atoms with Crippen LogP contribution in [0.3, 0.4) is 0 Å². The van der Waals surface area contributed by atoms with Gasteiger partial charge in [0, 0.05) is 11.1 Å². The van der Waals surface area contributed by atoms with Crippen LogP contribution in [0.15, 0.2) is 60.7 Å². The molecule has 0 saturated heterocycles. The Balaban J connectivity index is 1.96. The Bertz CT molecular complexity index is 755. The van der Waals surface area contributed by atoms with Gasteiger partial charge in [0.2, 0.25) is 11.6 Å². The Labute approximate surface area is 126 Å². The number of ketones is 2. The summed E-state index contributed by atoms with van der Waals surface area (Å²) in [6.45, 7) is 0. The molecule has 0 unspecified atom stereocenters. The van der Waals surface area contributed by atoms with Crippen LogP contribution in [0, 0.1) is 0 Å². The van der Waals surface area contributed by atoms with Crippen LogP contribution in [-0.4, -0.2) is 26.9 Å². The molecule has 2 aromatic carbocycles. The van der Waals surface area contributed by atoms with Gasteiger partial charge in [-0.05, 0) is 0 Å². The second-order valence-electron chi connectivity index (χ2n) is 4.69. The van der Waals surface area contributed by atoms with E-state index in [9.17, 15) is 14.7 Å². The van der Waals surface area contributed by atoms with E-state index < -0.39 is 17.3 Å². The fourth-order valence-electron chi connectivity index (χ4n) is 2.11. The van der Waals surface area contributed by atoms with Gasteiger partial charge in [-0.15, -0.1) is 0 Å². The zero-order valence-corrected chi connectivity index (χ0v) is 11.5. The Morgan fingerprint density at radius 2 is 1.32 bits per heavy atom. The van der Waals surface area contributed by atoms with Crippen molar-refractivity contribution in [3.63, 3.8) is 0 Å². The molecule has 0 radical (unpaired) electrons. The molecule has 0 amide bonds. The molecule has 5 heteroatoms. The maximum absolute atomic E-state index is 12.3. The standard InChI is InChI=1S/C17H12N2O3/c20-15(11-7-3-1-4-8-11)13-17(22)14(19-18-13)16(21)12-9-5-2-6-10-12/h1-10,22H,(H,18,19). The number of H-pyrrole nitrogens is 1. The number of hydrogen-bond donors (Lipinski definition) is 2. The highest BCUT2D eigenvalue weighted by Crippen LogP contribution is 2.24. The van der Waals surface area contributed by atoms with Crippen molar-refractivity contribution in [2.24, 2.45) is 0 Å². The van der Waals surface area contributed by atoms with Crippen LogP contribution in [0.4, 0.5) is 0 Å². The first kappa shape index (κ1) is 13.8. The first-order valence-electron chi connectivity index (χ1n) is 6.65. The van der Waals surface area contributed by atoms with Gasteiger partial charge in [-0.2, -0.15) is 5.10 Å². The van der Waals surface area contributed by atoms with Crippen molar-refractivity contribution in [1.29, 1.82) is 0 Å². The fourth-order valence-corrected chi connectivity index (χ4v) is 2.11. The number of aromatic amines is 1. The lowest BCUT2D eigenvalue weighted by molar-refractivity contribution is 0.102. The summed E-state index contributed by atoms with van der Waals surface area (Å²) in [4.78, 5) is 24.6. The predicted octanol–water partition coefficient (Wildman–Crippen LogP) is 2.58. The molecule has 0 fully saturated rings. The molecule has 0 atom stereocenters. The third-order valence-corrected chi connectivity index (χ3v) is 3.25. The van der Waals surface area contributed by atoms with Gasteiger partial charge in [-0.3, -0.25) is 14.7 Å². The topological polar surface area (TPSA) is 83.0 Å². The molecule has 0 spiro atoms. The van der Waals surface area contributed by atoms with E-state index in [0.717, 1.165) is 0 Å². The van der Waals surface area contributed by atoms with Gasteiger partial charge in [0.1, 0.15) is 5.69 Å². The molecule has 5 nitrogen and oxygen atoms in total. The number of carbonyl (C=O) groups excluding carboxylic acids is 2. The molecule has 0 aliphatic rings. The van der Waals surface area contributed by atoms with Crippen molar-refractivity contribution in [2.75, 3.05) is 0 Å². The summed E-state index contributed by atoms with van der Waals surface area (Å²) in [6.07, 6.45) is 0. The van der Waals surface area contributed by atoms with Crippen molar-refractivity contribution in [1.82, 2.24) is 10.2 Å². The molecule has 0 saturated carbocycles. The summed E-state index contributed by atoms with van der Waals surface area (Å²) < 4.78 is 0. The van der Waals surface area contributed by atoms with Crippen LogP contribution in [0.5, 0.6) is 5.75 Å². The Morgan fingerprint density at radius 1 is 0.818 bits per heavy atom. The molecule has 3 rings (SSSR count). The van der Waals surface area contributed by atoms with Crippen LogP contribution in [0.25, 0.3) is 0 Å². The van der Waals surface area contributed by atoms with E-state index in [4.69, 9.17) is 0 Å². The van der Waals surface area contributed by atoms with Crippen molar-refractivity contribution in [3.8, 4) is 5.75 Å². The lowest BCUT2D eigenvalue weighted by atomic mass is 10.0. The molecule has 1 heterocycles. The highest BCUT2D eigenvalue weighted by molar-refractivity contribution is 6.14. The summed E-state index contributed by atoms with van der Waals surface area (Å²) >= 11 is 0. The number of carbonyl (C=O) groups is 2. The minimum absolute atomic E-state index is 0.0921. The molecule has 0 aliphatic heterocycles. The molecular formula is C17H12N2O3. The van der Waals surface area contributed by atoms with E-state index in [1.54, 1.807) is 60.7 Å². The zero-order chi connectivity index (χ0) is 15.5. The van der Waals surface area contributed by atoms with Gasteiger partial charge < -0.3 is 5.11 Å². The third-order valence-electron chi connectivity index (χ3n) is 3.25. The van der Waals surface area contributed by atoms with Gasteiger partial charge in [0.05, 0.1) is 0 Å². The van der Waals surface area contributed by atoms with E-state index in [0.29, 0.717) is 11.1 Å². The Hall–Kier alpha value is -3.21. The number of rotatable bonds is 4. The van der Waals surface area contributed by atoms with E-state index in [2.05, 4.69) is 10.2 Å². The van der Waals surface area contributed by atoms with Crippen LogP contribution in [-0.2, 0) is 0 Å². The van der Waals surface area contributed by atoms with Crippen molar-refractivity contribution in [2.45, 2.75) is 0 Å². The van der Waals surface area contributed by atoms with Crippen molar-refractivity contribution >= 4 is 11.6 Å². The van der Waals surface area contributed by atoms with Gasteiger partial charge >= 0.3 is 0 Å². The predicted molar refractivity (Wildman–Crippen MR) is 80.0 cm³/mol. The van der Waals surface area contributed by atoms with Gasteiger partial charge in [-0.25, -0.2) is 0 Å². The minimum atomic E-state index is -0.443. The molecule has 1 aromatic heterocycles. The second-order valence-corrected chi connectivity index (χ2v) is 4.69. The number of aromatic hydroxyl groups is 1. The molecule has 108 valence electrons. The number of hydrogen-bond acceptors (Lipinski definition) is 4. The summed E-state index contributed by atoms with van der Waals surface area (Å²) in [5, 5.41) is 16.4. The summed E-state index contributed by atoms with van der Waals surface area (Å²) in [5.74, 6) is -1.29. The van der Waals surface area contributed by atoms with E-state index in [1.807, 2.05) is 0 Å². The highest BCUT2D eigenvalue weighted by atomic mass is 16.3. The average molecular weight is 292 g/mol. The quantitative estimate of drug-likeness (QED) is 0.724. The van der Waals surface area contributed by atoms with Crippen LogP contribution < -0.4 is 0 Å². The molecule has 3 aromatic rings. The summed E-state index contributed by atoms with van der Waals surface area (Å²) in [5.41, 5.74) is 0.541. The first-order valence-corrected chi connectivity index (χ1v) is 6.65. The second kappa shape index (κ2) is 5.65. The smallest absolute Gasteiger partial charge is 0.217 e. The summed E-state index contributed by atoms with van der Waals surface area (Å²) in [6, 6.07) is 16.9. The monoisotopic (exact) mass is 292 g/mol. The Morgan fingerprint density at radius 3 is 1.86 bits per heavy atom. The minimum Gasteiger partial charge on any atom is -0.504 e. The number of nitrogens with zero attached hydrogens (tertiary/aromatic N) is 1. The van der Waals surface area contributed by atoms with E-state index in [-0.39, 0.29) is 11.4 Å². The molecule has 0 bridgehead atoms. The largest absolute Gasteiger partial charge is 0.504 e. The van der Waals surface area contributed by atoms with E-state index in [1.165, 1.54) is 0 Å². The van der Waals surface area contributed by atoms with Crippen molar-refractivity contribution < 1.29 is 14.7 Å². The van der Waals surface area contributed by atoms with Crippen LogP contribution in [0.2, 0.25) is 0 Å². The Kier molecular flexibility index (Phi) is 3.53. The first-order chi connectivity index (χ1) is 10.7. The highest BCUT2D eigenvalue weighted by Gasteiger charge is 2.24. The molecule has 0 aliphatic carbocycles. The number of aromatic nitrogens is 2. The maximum Gasteiger partial charge on any atom is 0.217 e. The van der Waals surface area contributed by atoms with Gasteiger partial charge in [-0.1, -0.05) is 60.7 Å². The maximum atomic E-state index is 12.3. The summed E-state index contributed by atoms with van der Waals surface area (Å²) in [7, 11) is 0. The van der Waals surface area contributed by atoms with Crippen LogP contribution >= 0.6 is 0 Å². The SMILES string of the molecule is O=C(c1ccccc1)c1n[nH]c(C(=O)c2ccccc2)c1O. The molecular weight excluding hydrogens is 280 g/mol. The number of benzene rings is 2. The molecule has 2 N–H and O–H groups in total. The fraction of sp³-hybridized carbons (Fsp3) is 0. The lowest BCUT2D eigenvalue weighted by Gasteiger charge is -1.99. The molecule has 22 heavy (non-hydrogen) atoms. The van der Waals surface area contributed by atoms with E-state index >= 15 is 0 Å². The number of nitrogens with one attached hydrogen (secondary N) is 1. The average Bonchev–Trinajstić information content (AvgIpc) is 2.96. The lowest BCUT2D eigenvalue weighted by Crippen LogP contribution is -2.03. The zero-order valence-electron chi connectivity index (χ0n) is 11.5. The van der Waals surface area contributed by atoms with Crippen molar-refractivity contribution in [3.05, 3.63) is 83.2 Å². The normalized spacial score (nSPS) is 10.4.